The zero-order valence-electron chi connectivity index (χ0n) is 8.91. The van der Waals surface area contributed by atoms with Crippen molar-refractivity contribution in [2.75, 3.05) is 6.54 Å². The Morgan fingerprint density at radius 3 is 2.79 bits per heavy atom. The molecule has 3 N–H and O–H groups in total. The third-order valence-corrected chi connectivity index (χ3v) is 3.34. The van der Waals surface area contributed by atoms with Crippen molar-refractivity contribution in [2.24, 2.45) is 23.5 Å². The number of aliphatic carboxylic acids is 1. The van der Waals surface area contributed by atoms with Gasteiger partial charge in [0.2, 0.25) is 0 Å². The minimum Gasteiger partial charge on any atom is -0.481 e. The van der Waals surface area contributed by atoms with Crippen LogP contribution in [0.4, 0.5) is 0 Å². The van der Waals surface area contributed by atoms with E-state index in [-0.39, 0.29) is 5.92 Å². The van der Waals surface area contributed by atoms with Gasteiger partial charge in [-0.3, -0.25) is 4.79 Å². The predicted molar refractivity (Wildman–Crippen MR) is 55.9 cm³/mol. The van der Waals surface area contributed by atoms with Crippen LogP contribution in [0.3, 0.4) is 0 Å². The highest BCUT2D eigenvalue weighted by Crippen LogP contribution is 2.34. The summed E-state index contributed by atoms with van der Waals surface area (Å²) >= 11 is 0. The molecule has 0 spiro atoms. The summed E-state index contributed by atoms with van der Waals surface area (Å²) in [5.41, 5.74) is 5.45. The van der Waals surface area contributed by atoms with Gasteiger partial charge in [0.25, 0.3) is 0 Å². The number of carbonyl (C=O) groups is 1. The third kappa shape index (κ3) is 2.98. The van der Waals surface area contributed by atoms with Crippen LogP contribution in [0.15, 0.2) is 0 Å². The summed E-state index contributed by atoms with van der Waals surface area (Å²) in [6.45, 7) is 2.70. The summed E-state index contributed by atoms with van der Waals surface area (Å²) in [5, 5.41) is 9.09. The highest BCUT2D eigenvalue weighted by atomic mass is 16.4. The monoisotopic (exact) mass is 199 g/mol. The zero-order chi connectivity index (χ0) is 10.6. The molecule has 1 aliphatic carbocycles. The number of hydrogen-bond donors (Lipinski definition) is 2. The molecule has 3 nitrogen and oxygen atoms in total. The minimum atomic E-state index is -0.658. The van der Waals surface area contributed by atoms with Gasteiger partial charge >= 0.3 is 5.97 Å². The maximum Gasteiger partial charge on any atom is 0.306 e. The molecule has 0 aliphatic heterocycles. The normalized spacial score (nSPS) is 29.9. The second kappa shape index (κ2) is 5.35. The van der Waals surface area contributed by atoms with Gasteiger partial charge in [-0.2, -0.15) is 0 Å². The molecule has 1 aliphatic rings. The van der Waals surface area contributed by atoms with Crippen LogP contribution in [-0.2, 0) is 4.79 Å². The molecule has 1 saturated carbocycles. The van der Waals surface area contributed by atoms with Crippen LogP contribution in [-0.4, -0.2) is 17.6 Å². The fourth-order valence-electron chi connectivity index (χ4n) is 2.59. The Labute approximate surface area is 85.7 Å². The van der Waals surface area contributed by atoms with E-state index in [1.165, 1.54) is 12.8 Å². The minimum absolute atomic E-state index is 0.206. The first-order valence-corrected chi connectivity index (χ1v) is 5.58. The number of nitrogens with two attached hydrogens (primary N) is 1. The van der Waals surface area contributed by atoms with Gasteiger partial charge in [0.05, 0.1) is 5.92 Å². The van der Waals surface area contributed by atoms with E-state index < -0.39 is 5.97 Å². The van der Waals surface area contributed by atoms with E-state index in [4.69, 9.17) is 10.8 Å². The van der Waals surface area contributed by atoms with Gasteiger partial charge < -0.3 is 10.8 Å². The lowest BCUT2D eigenvalue weighted by molar-refractivity contribution is -0.144. The molecule has 0 bridgehead atoms. The van der Waals surface area contributed by atoms with Crippen molar-refractivity contribution in [2.45, 2.75) is 39.0 Å². The topological polar surface area (TPSA) is 63.3 Å². The summed E-state index contributed by atoms with van der Waals surface area (Å²) in [5.74, 6) is 0.186. The van der Waals surface area contributed by atoms with E-state index in [9.17, 15) is 4.79 Å². The lowest BCUT2D eigenvalue weighted by Crippen LogP contribution is -2.29. The first kappa shape index (κ1) is 11.5. The molecule has 1 rings (SSSR count). The molecule has 0 aromatic carbocycles. The second-order valence-electron chi connectivity index (χ2n) is 4.55. The zero-order valence-corrected chi connectivity index (χ0v) is 8.91. The summed E-state index contributed by atoms with van der Waals surface area (Å²) in [7, 11) is 0. The molecule has 14 heavy (non-hydrogen) atoms. The fraction of sp³-hybridized carbons (Fsp3) is 0.909. The van der Waals surface area contributed by atoms with Crippen molar-refractivity contribution in [3.8, 4) is 0 Å². The lowest BCUT2D eigenvalue weighted by Gasteiger charge is -2.30. The van der Waals surface area contributed by atoms with E-state index in [1.54, 1.807) is 0 Å². The molecule has 0 amide bonds. The van der Waals surface area contributed by atoms with Crippen molar-refractivity contribution >= 4 is 5.97 Å². The molecule has 0 saturated heterocycles. The Morgan fingerprint density at radius 1 is 1.57 bits per heavy atom. The van der Waals surface area contributed by atoms with Gasteiger partial charge in [-0.1, -0.05) is 19.8 Å². The quantitative estimate of drug-likeness (QED) is 0.726. The average Bonchev–Trinajstić information content (AvgIpc) is 2.13. The van der Waals surface area contributed by atoms with Gasteiger partial charge in [-0.05, 0) is 37.6 Å². The van der Waals surface area contributed by atoms with Crippen LogP contribution in [0, 0.1) is 17.8 Å². The van der Waals surface area contributed by atoms with Crippen molar-refractivity contribution in [3.05, 3.63) is 0 Å². The molecule has 3 unspecified atom stereocenters. The van der Waals surface area contributed by atoms with Crippen LogP contribution >= 0.6 is 0 Å². The molecule has 0 aromatic rings. The summed E-state index contributed by atoms with van der Waals surface area (Å²) in [6, 6.07) is 0. The van der Waals surface area contributed by atoms with E-state index in [0.717, 1.165) is 12.8 Å². The largest absolute Gasteiger partial charge is 0.481 e. The molecule has 3 heteroatoms. The van der Waals surface area contributed by atoms with E-state index in [0.29, 0.717) is 24.8 Å². The van der Waals surface area contributed by atoms with Crippen molar-refractivity contribution in [3.63, 3.8) is 0 Å². The van der Waals surface area contributed by atoms with Crippen LogP contribution in [0.1, 0.15) is 39.0 Å². The standard InChI is InChI=1S/C11H21NO2/c1-8-3-2-4-9(7-8)10(5-6-12)11(13)14/h8-10H,2-7,12H2,1H3,(H,13,14). The number of hydrogen-bond acceptors (Lipinski definition) is 2. The summed E-state index contributed by atoms with van der Waals surface area (Å²) in [6.07, 6.45) is 5.21. The first-order chi connectivity index (χ1) is 6.65. The maximum atomic E-state index is 11.0. The fourth-order valence-corrected chi connectivity index (χ4v) is 2.59. The molecule has 1 fully saturated rings. The van der Waals surface area contributed by atoms with E-state index in [1.807, 2.05) is 0 Å². The summed E-state index contributed by atoms with van der Waals surface area (Å²) < 4.78 is 0. The van der Waals surface area contributed by atoms with Crippen molar-refractivity contribution in [1.29, 1.82) is 0 Å². The van der Waals surface area contributed by atoms with Gasteiger partial charge in [-0.25, -0.2) is 0 Å². The molecule has 82 valence electrons. The van der Waals surface area contributed by atoms with Crippen LogP contribution in [0.5, 0.6) is 0 Å². The van der Waals surface area contributed by atoms with E-state index in [2.05, 4.69) is 6.92 Å². The predicted octanol–water partition coefficient (Wildman–Crippen LogP) is 1.86. The Bertz CT molecular complexity index is 194. The van der Waals surface area contributed by atoms with Gasteiger partial charge in [0.1, 0.15) is 0 Å². The SMILES string of the molecule is CC1CCCC(C(CCN)C(=O)O)C1. The number of carboxylic acids is 1. The van der Waals surface area contributed by atoms with Crippen LogP contribution < -0.4 is 5.73 Å². The lowest BCUT2D eigenvalue weighted by atomic mass is 9.74. The smallest absolute Gasteiger partial charge is 0.306 e. The molecule has 3 atom stereocenters. The Hall–Kier alpha value is -0.570. The van der Waals surface area contributed by atoms with E-state index >= 15 is 0 Å². The second-order valence-corrected chi connectivity index (χ2v) is 4.55. The third-order valence-electron chi connectivity index (χ3n) is 3.34. The molecular formula is C11H21NO2. The van der Waals surface area contributed by atoms with Gasteiger partial charge in [0.15, 0.2) is 0 Å². The van der Waals surface area contributed by atoms with Gasteiger partial charge in [0, 0.05) is 0 Å². The Kier molecular flexibility index (Phi) is 4.39. The Morgan fingerprint density at radius 2 is 2.29 bits per heavy atom. The molecule has 0 heterocycles. The molecule has 0 aromatic heterocycles. The maximum absolute atomic E-state index is 11.0. The Balaban J connectivity index is 2.53. The highest BCUT2D eigenvalue weighted by molar-refractivity contribution is 5.70. The molecule has 0 radical (unpaired) electrons. The van der Waals surface area contributed by atoms with Gasteiger partial charge in [-0.15, -0.1) is 0 Å². The molecular weight excluding hydrogens is 178 g/mol. The first-order valence-electron chi connectivity index (χ1n) is 5.58. The highest BCUT2D eigenvalue weighted by Gasteiger charge is 2.30. The van der Waals surface area contributed by atoms with Crippen molar-refractivity contribution < 1.29 is 9.90 Å². The number of carboxylic acid groups (broad SMARTS) is 1. The van der Waals surface area contributed by atoms with Crippen LogP contribution in [0.2, 0.25) is 0 Å². The van der Waals surface area contributed by atoms with Crippen molar-refractivity contribution in [1.82, 2.24) is 0 Å². The summed E-state index contributed by atoms with van der Waals surface area (Å²) in [4.78, 5) is 11.0. The average molecular weight is 199 g/mol. The van der Waals surface area contributed by atoms with Crippen LogP contribution in [0.25, 0.3) is 0 Å². The number of rotatable bonds is 4.